The van der Waals surface area contributed by atoms with Gasteiger partial charge < -0.3 is 11.5 Å². The van der Waals surface area contributed by atoms with Crippen molar-refractivity contribution in [3.8, 4) is 11.8 Å². The van der Waals surface area contributed by atoms with Crippen molar-refractivity contribution in [1.82, 2.24) is 34.9 Å². The molecule has 0 saturated heterocycles. The van der Waals surface area contributed by atoms with Crippen LogP contribution in [0.2, 0.25) is 0 Å². The Kier molecular flexibility index (Phi) is 28.1. The normalized spacial score (nSPS) is 10.2. The highest BCUT2D eigenvalue weighted by atomic mass is 79.9. The highest BCUT2D eigenvalue weighted by Crippen LogP contribution is 2.19. The number of hydrogen-bond acceptors (Lipinski definition) is 9. The average molecular weight is 1110 g/mol. The number of aryl methyl sites for hydroxylation is 6. The molecule has 4 N–H and O–H groups in total. The van der Waals surface area contributed by atoms with Crippen LogP contribution in [0.25, 0.3) is 21.8 Å². The second-order valence-corrected chi connectivity index (χ2v) is 18.6. The predicted molar refractivity (Wildman–Crippen MR) is 305 cm³/mol. The van der Waals surface area contributed by atoms with Crippen LogP contribution in [-0.4, -0.2) is 41.4 Å². The van der Waals surface area contributed by atoms with Crippen molar-refractivity contribution in [2.45, 2.75) is 105 Å². The van der Waals surface area contributed by atoms with Crippen LogP contribution >= 0.6 is 15.9 Å². The van der Waals surface area contributed by atoms with Crippen molar-refractivity contribution in [1.29, 1.82) is 0 Å². The van der Waals surface area contributed by atoms with E-state index >= 15 is 0 Å². The fourth-order valence-electron chi connectivity index (χ4n) is 7.56. The van der Waals surface area contributed by atoms with Gasteiger partial charge in [0.05, 0.1) is 42.0 Å². The Morgan fingerprint density at radius 2 is 0.870 bits per heavy atom. The molecule has 0 aliphatic carbocycles. The number of benzene rings is 2. The summed E-state index contributed by atoms with van der Waals surface area (Å²) in [6.07, 6.45) is 27.2. The van der Waals surface area contributed by atoms with Gasteiger partial charge >= 0.3 is 0 Å². The molecule has 0 aliphatic heterocycles. The number of fused-ring (bicyclic) bond motifs is 2. The van der Waals surface area contributed by atoms with Crippen molar-refractivity contribution in [3.05, 3.63) is 226 Å². The number of unbranched alkanes of at least 4 members (excludes halogenated alkanes) is 4. The molecule has 0 spiro atoms. The summed E-state index contributed by atoms with van der Waals surface area (Å²) in [4.78, 5) is 27.7. The zero-order valence-corrected chi connectivity index (χ0v) is 44.5. The summed E-state index contributed by atoms with van der Waals surface area (Å²) in [5, 5.41) is 2.31. The van der Waals surface area contributed by atoms with Gasteiger partial charge in [0, 0.05) is 63.9 Å². The number of halogens is 6. The molecule has 2 aromatic carbocycles. The topological polar surface area (TPSA) is 142 Å². The van der Waals surface area contributed by atoms with E-state index in [0.717, 1.165) is 135 Å². The van der Waals surface area contributed by atoms with E-state index in [2.05, 4.69) is 105 Å². The Labute approximate surface area is 458 Å². The van der Waals surface area contributed by atoms with Crippen molar-refractivity contribution in [2.75, 3.05) is 12.3 Å². The fourth-order valence-corrected chi connectivity index (χ4v) is 7.90. The molecule has 0 radical (unpaired) electrons. The molecule has 7 heterocycles. The molecule has 0 saturated carbocycles. The predicted octanol–water partition coefficient (Wildman–Crippen LogP) is 15.1. The summed E-state index contributed by atoms with van der Waals surface area (Å²) in [7, 11) is 0. The van der Waals surface area contributed by atoms with Crippen molar-refractivity contribution >= 4 is 43.6 Å². The molecular weight excluding hydrogens is 1050 g/mol. The third kappa shape index (κ3) is 24.8. The van der Waals surface area contributed by atoms with Crippen LogP contribution in [0.4, 0.5) is 27.8 Å². The Morgan fingerprint density at radius 1 is 0.455 bits per heavy atom. The number of nitrogen functional groups attached to an aromatic ring is 1. The van der Waals surface area contributed by atoms with Crippen LogP contribution in [0.1, 0.15) is 105 Å². The molecule has 0 fully saturated rings. The first-order valence-corrected chi connectivity index (χ1v) is 26.0. The Bertz CT molecular complexity index is 3090. The molecule has 402 valence electrons. The van der Waals surface area contributed by atoms with Crippen LogP contribution in [0, 0.1) is 47.9 Å². The van der Waals surface area contributed by atoms with Gasteiger partial charge in [-0.05, 0) is 182 Å². The van der Waals surface area contributed by atoms with Gasteiger partial charge in [0.25, 0.3) is 0 Å². The summed E-state index contributed by atoms with van der Waals surface area (Å²) in [5.74, 6) is 4.73. The van der Waals surface area contributed by atoms with Crippen LogP contribution in [-0.2, 0) is 32.1 Å². The van der Waals surface area contributed by atoms with E-state index in [0.29, 0.717) is 22.4 Å². The third-order valence-electron chi connectivity index (χ3n) is 11.3. The fraction of sp³-hybridized carbons (Fsp3) is 0.274. The maximum Gasteiger partial charge on any atom is 0.142 e. The van der Waals surface area contributed by atoms with Gasteiger partial charge in [0.1, 0.15) is 34.9 Å². The second kappa shape index (κ2) is 34.9. The smallest absolute Gasteiger partial charge is 0.142 e. The molecule has 0 amide bonds. The Morgan fingerprint density at radius 3 is 1.31 bits per heavy atom. The molecule has 0 bridgehead atoms. The van der Waals surface area contributed by atoms with Gasteiger partial charge in [0.2, 0.25) is 0 Å². The van der Waals surface area contributed by atoms with Gasteiger partial charge in [-0.2, -0.15) is 0 Å². The van der Waals surface area contributed by atoms with E-state index in [4.69, 9.17) is 11.5 Å². The van der Waals surface area contributed by atoms with Crippen molar-refractivity contribution in [3.63, 3.8) is 0 Å². The van der Waals surface area contributed by atoms with Crippen LogP contribution in [0.5, 0.6) is 0 Å². The molecule has 7 aromatic heterocycles. The number of rotatable bonds is 15. The Balaban J connectivity index is 0.000000220. The summed E-state index contributed by atoms with van der Waals surface area (Å²) in [6.45, 7) is 4.60. The first kappa shape index (κ1) is 62.0. The van der Waals surface area contributed by atoms with Gasteiger partial charge in [-0.25, -0.2) is 26.9 Å². The molecule has 9 nitrogen and oxygen atoms in total. The first-order chi connectivity index (χ1) is 36.8. The average Bonchev–Trinajstić information content (AvgIpc) is 3.40. The van der Waals surface area contributed by atoms with Gasteiger partial charge in [-0.15, -0.1) is 0 Å². The number of hydrogen-bond donors (Lipinski definition) is 2. The first-order valence-electron chi connectivity index (χ1n) is 25.2. The van der Waals surface area contributed by atoms with Gasteiger partial charge in [-0.1, -0.05) is 69.4 Å². The largest absolute Gasteiger partial charge is 0.384 e. The lowest BCUT2D eigenvalue weighted by atomic mass is 10.0. The minimum atomic E-state index is -0.340. The van der Waals surface area contributed by atoms with Gasteiger partial charge in [-0.3, -0.25) is 29.9 Å². The highest BCUT2D eigenvalue weighted by molar-refractivity contribution is 9.10. The quantitative estimate of drug-likeness (QED) is 0.0583. The van der Waals surface area contributed by atoms with Crippen molar-refractivity contribution in [2.24, 2.45) is 5.73 Å². The molecule has 9 aromatic rings. The van der Waals surface area contributed by atoms with E-state index in [1.54, 1.807) is 36.9 Å². The van der Waals surface area contributed by atoms with Crippen LogP contribution in [0.15, 0.2) is 157 Å². The zero-order chi connectivity index (χ0) is 54.3. The van der Waals surface area contributed by atoms with Crippen LogP contribution < -0.4 is 11.5 Å². The molecule has 77 heavy (non-hydrogen) atoms. The van der Waals surface area contributed by atoms with Crippen LogP contribution in [0.3, 0.4) is 0 Å². The summed E-state index contributed by atoms with van der Waals surface area (Å²) in [6, 6.07) is 28.2. The molecule has 9 rings (SSSR count). The summed E-state index contributed by atoms with van der Waals surface area (Å²) >= 11 is 3.06. The molecule has 15 heteroatoms. The van der Waals surface area contributed by atoms with Crippen molar-refractivity contribution < 1.29 is 22.0 Å². The van der Waals surface area contributed by atoms with E-state index in [-0.39, 0.29) is 36.5 Å². The monoisotopic (exact) mass is 1110 g/mol. The number of anilines is 1. The lowest BCUT2D eigenvalue weighted by Crippen LogP contribution is -2.00. The number of nitrogens with zero attached hydrogens (tertiary/aromatic N) is 7. The van der Waals surface area contributed by atoms with E-state index in [1.165, 1.54) is 59.5 Å². The van der Waals surface area contributed by atoms with E-state index < -0.39 is 0 Å². The molecule has 0 aliphatic rings. The maximum absolute atomic E-state index is 13.1. The van der Waals surface area contributed by atoms with E-state index in [1.807, 2.05) is 32.0 Å². The number of aromatic nitrogens is 7. The lowest BCUT2D eigenvalue weighted by Gasteiger charge is -2.05. The molecule has 0 atom stereocenters. The molecule has 0 unspecified atom stereocenters. The number of nitrogens with two attached hydrogens (primary N) is 2. The third-order valence-corrected chi connectivity index (χ3v) is 11.7. The number of pyridine rings is 7. The highest BCUT2D eigenvalue weighted by Gasteiger charge is 2.03. The Hall–Kier alpha value is -7.54. The maximum atomic E-state index is 13.1. The standard InChI is InChI=1S/C20H21FN2.C19H20FN3.C9H8FN.C8H11FN2.C5H3BrFN.CH4/c1-15-7-9-18-10-8-16(12-20(18)23-15)5-3-2-4-6-17-11-19(21)14-22-13-17;20-17-10-15(12-22-13-17)5-3-1-2-4-14-6-7-16-8-9-19(21)23-18(16)11-14;1-2-3-4-8-5-9(10)7-11-6-8;9-8-4-7(2-1-3-10)5-11-6-8;6-4-1-5(7)3-8-2-4;/h7-14H,2-6H2,1H3;6-13H,1-5H2,(H2,21,23);5-7H,2H2,1H3;4-6H,1-3,10H2;1-3H;1H4. The minimum Gasteiger partial charge on any atom is -0.384 e. The lowest BCUT2D eigenvalue weighted by molar-refractivity contribution is 0.614. The summed E-state index contributed by atoms with van der Waals surface area (Å²) < 4.78 is 63.8. The van der Waals surface area contributed by atoms with Gasteiger partial charge in [0.15, 0.2) is 0 Å². The minimum absolute atomic E-state index is 0. The summed E-state index contributed by atoms with van der Waals surface area (Å²) in [5.41, 5.74) is 20.2. The molecular formula is C62H67BrF5N9. The van der Waals surface area contributed by atoms with E-state index in [9.17, 15) is 22.0 Å². The zero-order valence-electron chi connectivity index (χ0n) is 42.9. The second-order valence-electron chi connectivity index (χ2n) is 17.7. The SMILES string of the molecule is C.CCC#Cc1cncc(F)c1.Cc1ccc2ccc(CCCCCc3cncc(F)c3)cc2n1.Fc1cncc(Br)c1.NCCCc1cncc(F)c1.Nc1ccc2ccc(CCCCCc3cncc(F)c3)cc2n1.